The van der Waals surface area contributed by atoms with E-state index in [-0.39, 0.29) is 0 Å². The molecule has 1 aromatic heterocycles. The minimum Gasteiger partial charge on any atom is -0.378 e. The predicted molar refractivity (Wildman–Crippen MR) is 122 cm³/mol. The summed E-state index contributed by atoms with van der Waals surface area (Å²) in [5.41, 5.74) is 0. The standard InChI is InChI=1S/C21H34N6OS/c1-16-7-5-6-10-27(16)19-15-18(26-11-13-28-14-12-26)23-20(24-19)25-21(29)22-17-8-3-2-4-9-17/h15-17H,2-14H2,1H3,(H2,22,23,24,25,29)/t16-/m0/s1. The molecule has 2 N–H and O–H groups in total. The highest BCUT2D eigenvalue weighted by Gasteiger charge is 2.23. The number of aromatic nitrogens is 2. The van der Waals surface area contributed by atoms with Crippen LogP contribution in [0.15, 0.2) is 6.07 Å². The third-order valence-electron chi connectivity index (χ3n) is 6.30. The van der Waals surface area contributed by atoms with Crippen molar-refractivity contribution in [3.8, 4) is 0 Å². The third-order valence-corrected chi connectivity index (χ3v) is 6.52. The Morgan fingerprint density at radius 1 is 1.00 bits per heavy atom. The van der Waals surface area contributed by atoms with Gasteiger partial charge >= 0.3 is 0 Å². The predicted octanol–water partition coefficient (Wildman–Crippen LogP) is 3.31. The van der Waals surface area contributed by atoms with E-state index < -0.39 is 0 Å². The van der Waals surface area contributed by atoms with Crippen LogP contribution in [-0.2, 0) is 4.74 Å². The lowest BCUT2D eigenvalue weighted by Crippen LogP contribution is -2.41. The van der Waals surface area contributed by atoms with Crippen molar-refractivity contribution in [3.05, 3.63) is 6.07 Å². The molecule has 1 aromatic rings. The van der Waals surface area contributed by atoms with Gasteiger partial charge in [0.05, 0.1) is 13.2 Å². The fraction of sp³-hybridized carbons (Fsp3) is 0.762. The maximum Gasteiger partial charge on any atom is 0.232 e. The molecule has 4 rings (SSSR count). The van der Waals surface area contributed by atoms with Crippen LogP contribution >= 0.6 is 12.2 Å². The quantitative estimate of drug-likeness (QED) is 0.722. The molecule has 0 amide bonds. The molecule has 2 aliphatic heterocycles. The molecule has 2 saturated heterocycles. The number of piperidine rings is 1. The largest absolute Gasteiger partial charge is 0.378 e. The lowest BCUT2D eigenvalue weighted by Gasteiger charge is -2.35. The average molecular weight is 419 g/mol. The van der Waals surface area contributed by atoms with Crippen molar-refractivity contribution in [3.63, 3.8) is 0 Å². The molecule has 1 atom stereocenters. The first-order chi connectivity index (χ1) is 14.2. The van der Waals surface area contributed by atoms with Crippen LogP contribution in [0.5, 0.6) is 0 Å². The van der Waals surface area contributed by atoms with Crippen molar-refractivity contribution in [2.24, 2.45) is 0 Å². The van der Waals surface area contributed by atoms with Crippen molar-refractivity contribution in [1.82, 2.24) is 15.3 Å². The van der Waals surface area contributed by atoms with E-state index in [1.165, 1.54) is 51.4 Å². The summed E-state index contributed by atoms with van der Waals surface area (Å²) in [5, 5.41) is 7.38. The summed E-state index contributed by atoms with van der Waals surface area (Å²) in [5.74, 6) is 2.55. The number of ether oxygens (including phenoxy) is 1. The summed E-state index contributed by atoms with van der Waals surface area (Å²) in [6, 6.07) is 3.10. The first kappa shape index (κ1) is 20.6. The Morgan fingerprint density at radius 3 is 2.48 bits per heavy atom. The average Bonchev–Trinajstić information content (AvgIpc) is 2.75. The van der Waals surface area contributed by atoms with Crippen molar-refractivity contribution in [2.75, 3.05) is 48.0 Å². The summed E-state index contributed by atoms with van der Waals surface area (Å²) in [6.45, 7) is 6.53. The van der Waals surface area contributed by atoms with Crippen LogP contribution in [-0.4, -0.2) is 60.0 Å². The fourth-order valence-corrected chi connectivity index (χ4v) is 4.85. The minimum absolute atomic E-state index is 0.466. The minimum atomic E-state index is 0.466. The molecule has 3 fully saturated rings. The molecule has 1 saturated carbocycles. The molecule has 0 radical (unpaired) electrons. The first-order valence-corrected chi connectivity index (χ1v) is 11.7. The van der Waals surface area contributed by atoms with Gasteiger partial charge in [-0.1, -0.05) is 19.3 Å². The molecular formula is C21H34N6OS. The van der Waals surface area contributed by atoms with Crippen LogP contribution in [0.25, 0.3) is 0 Å². The van der Waals surface area contributed by atoms with E-state index in [1.807, 2.05) is 0 Å². The molecule has 0 spiro atoms. The normalized spacial score (nSPS) is 23.7. The van der Waals surface area contributed by atoms with E-state index in [9.17, 15) is 0 Å². The van der Waals surface area contributed by atoms with Crippen molar-refractivity contribution in [2.45, 2.75) is 70.4 Å². The zero-order valence-electron chi connectivity index (χ0n) is 17.5. The monoisotopic (exact) mass is 418 g/mol. The Morgan fingerprint density at radius 2 is 1.72 bits per heavy atom. The van der Waals surface area contributed by atoms with E-state index in [0.717, 1.165) is 44.5 Å². The van der Waals surface area contributed by atoms with Gasteiger partial charge in [-0.15, -0.1) is 0 Å². The lowest BCUT2D eigenvalue weighted by atomic mass is 9.96. The Balaban J connectivity index is 1.52. The number of hydrogen-bond acceptors (Lipinski definition) is 6. The fourth-order valence-electron chi connectivity index (χ4n) is 4.59. The third kappa shape index (κ3) is 5.48. The molecule has 3 aliphatic rings. The second kappa shape index (κ2) is 9.89. The number of morpholine rings is 1. The molecular weight excluding hydrogens is 384 g/mol. The van der Waals surface area contributed by atoms with Crippen molar-refractivity contribution >= 4 is 34.9 Å². The highest BCUT2D eigenvalue weighted by Crippen LogP contribution is 2.27. The highest BCUT2D eigenvalue weighted by molar-refractivity contribution is 7.80. The van der Waals surface area contributed by atoms with Crippen LogP contribution in [0.2, 0.25) is 0 Å². The van der Waals surface area contributed by atoms with E-state index in [4.69, 9.17) is 26.9 Å². The van der Waals surface area contributed by atoms with E-state index in [1.54, 1.807) is 0 Å². The SMILES string of the molecule is C[C@H]1CCCCN1c1cc(N2CCOCC2)nc(NC(=S)NC2CCCCC2)n1. The second-order valence-electron chi connectivity index (χ2n) is 8.48. The molecule has 29 heavy (non-hydrogen) atoms. The molecule has 7 nitrogen and oxygen atoms in total. The van der Waals surface area contributed by atoms with E-state index in [2.05, 4.69) is 33.4 Å². The van der Waals surface area contributed by atoms with Crippen molar-refractivity contribution < 1.29 is 4.74 Å². The lowest BCUT2D eigenvalue weighted by molar-refractivity contribution is 0.122. The van der Waals surface area contributed by atoms with Gasteiger partial charge in [0.25, 0.3) is 0 Å². The summed E-state index contributed by atoms with van der Waals surface area (Å²) in [6.07, 6.45) is 9.98. The molecule has 0 aromatic carbocycles. The zero-order valence-corrected chi connectivity index (χ0v) is 18.3. The van der Waals surface area contributed by atoms with Crippen LogP contribution in [0.4, 0.5) is 17.6 Å². The number of nitrogens with one attached hydrogen (secondary N) is 2. The van der Waals surface area contributed by atoms with Gasteiger partial charge in [0.15, 0.2) is 5.11 Å². The molecule has 1 aliphatic carbocycles. The maximum absolute atomic E-state index is 5.59. The van der Waals surface area contributed by atoms with Gasteiger partial charge in [0.2, 0.25) is 5.95 Å². The number of rotatable bonds is 4. The number of hydrogen-bond donors (Lipinski definition) is 2. The van der Waals surface area contributed by atoms with Crippen LogP contribution in [0, 0.1) is 0 Å². The Bertz CT molecular complexity index is 690. The van der Waals surface area contributed by atoms with Gasteiger partial charge in [0, 0.05) is 37.8 Å². The number of anilines is 3. The first-order valence-electron chi connectivity index (χ1n) is 11.2. The highest BCUT2D eigenvalue weighted by atomic mass is 32.1. The summed E-state index contributed by atoms with van der Waals surface area (Å²) in [4.78, 5) is 14.4. The zero-order chi connectivity index (χ0) is 20.1. The topological polar surface area (TPSA) is 65.6 Å². The smallest absolute Gasteiger partial charge is 0.232 e. The summed E-state index contributed by atoms with van der Waals surface area (Å²) in [7, 11) is 0. The van der Waals surface area contributed by atoms with Gasteiger partial charge in [-0.3, -0.25) is 0 Å². The van der Waals surface area contributed by atoms with Crippen LogP contribution in [0.1, 0.15) is 58.3 Å². The molecule has 0 bridgehead atoms. The molecule has 0 unspecified atom stereocenters. The van der Waals surface area contributed by atoms with Gasteiger partial charge < -0.3 is 25.2 Å². The van der Waals surface area contributed by atoms with Crippen LogP contribution in [0.3, 0.4) is 0 Å². The second-order valence-corrected chi connectivity index (χ2v) is 8.89. The molecule has 8 heteroatoms. The summed E-state index contributed by atoms with van der Waals surface area (Å²) < 4.78 is 5.52. The maximum atomic E-state index is 5.59. The number of thiocarbonyl (C=S) groups is 1. The Labute approximate surface area is 179 Å². The van der Waals surface area contributed by atoms with Gasteiger partial charge in [0.1, 0.15) is 11.6 Å². The Kier molecular flexibility index (Phi) is 7.02. The van der Waals surface area contributed by atoms with Crippen LogP contribution < -0.4 is 20.4 Å². The summed E-state index contributed by atoms with van der Waals surface area (Å²) >= 11 is 5.59. The van der Waals surface area contributed by atoms with Gasteiger partial charge in [-0.2, -0.15) is 9.97 Å². The molecule has 160 valence electrons. The Hall–Kier alpha value is -1.67. The molecule has 3 heterocycles. The van der Waals surface area contributed by atoms with E-state index in [0.29, 0.717) is 23.1 Å². The van der Waals surface area contributed by atoms with E-state index >= 15 is 0 Å². The van der Waals surface area contributed by atoms with Gasteiger partial charge in [-0.25, -0.2) is 0 Å². The van der Waals surface area contributed by atoms with Gasteiger partial charge in [-0.05, 0) is 51.2 Å². The number of nitrogens with zero attached hydrogens (tertiary/aromatic N) is 4. The van der Waals surface area contributed by atoms with Crippen molar-refractivity contribution in [1.29, 1.82) is 0 Å².